The van der Waals surface area contributed by atoms with E-state index >= 15 is 0 Å². The molecule has 0 saturated heterocycles. The molecule has 0 fully saturated rings. The Labute approximate surface area is 267 Å². The summed E-state index contributed by atoms with van der Waals surface area (Å²) in [6.07, 6.45) is 3.73. The summed E-state index contributed by atoms with van der Waals surface area (Å²) in [4.78, 5) is 9.59. The van der Waals surface area contributed by atoms with E-state index in [0.29, 0.717) is 0 Å². The fourth-order valence-electron chi connectivity index (χ4n) is 6.59. The number of nitrogens with zero attached hydrogens (tertiary/aromatic N) is 4. The zero-order valence-electron chi connectivity index (χ0n) is 25.8. The summed E-state index contributed by atoms with van der Waals surface area (Å²) in [6.45, 7) is 4.00. The molecule has 0 bridgehead atoms. The maximum absolute atomic E-state index is 4.80. The third-order valence-corrected chi connectivity index (χ3v) is 8.65. The predicted octanol–water partition coefficient (Wildman–Crippen LogP) is 11.0. The van der Waals surface area contributed by atoms with Crippen molar-refractivity contribution in [3.05, 3.63) is 158 Å². The maximum Gasteiger partial charge on any atom is 0.0885 e. The first-order valence-corrected chi connectivity index (χ1v) is 15.8. The second kappa shape index (κ2) is 11.5. The van der Waals surface area contributed by atoms with Crippen LogP contribution in [0.2, 0.25) is 0 Å². The molecule has 0 spiro atoms. The Balaban J connectivity index is 0.00000153. The Kier molecular flexibility index (Phi) is 6.88. The van der Waals surface area contributed by atoms with Gasteiger partial charge in [-0.15, -0.1) is 0 Å². The number of hydrogen-bond acceptors (Lipinski definition) is 2. The first-order chi connectivity index (χ1) is 22.8. The lowest BCUT2D eigenvalue weighted by molar-refractivity contribution is 1.17. The van der Waals surface area contributed by atoms with Gasteiger partial charge in [-0.2, -0.15) is 0 Å². The second-order valence-electron chi connectivity index (χ2n) is 11.1. The molecule has 4 nitrogen and oxygen atoms in total. The van der Waals surface area contributed by atoms with Crippen LogP contribution in [-0.2, 0) is 0 Å². The van der Waals surface area contributed by atoms with Crippen molar-refractivity contribution < 1.29 is 0 Å². The van der Waals surface area contributed by atoms with E-state index in [9.17, 15) is 0 Å². The normalized spacial score (nSPS) is 11.3. The molecule has 0 saturated carbocycles. The highest BCUT2D eigenvalue weighted by Gasteiger charge is 2.13. The molecule has 220 valence electrons. The van der Waals surface area contributed by atoms with Crippen molar-refractivity contribution in [3.63, 3.8) is 0 Å². The third-order valence-electron chi connectivity index (χ3n) is 8.65. The van der Waals surface area contributed by atoms with Gasteiger partial charge in [0.25, 0.3) is 0 Å². The van der Waals surface area contributed by atoms with Crippen LogP contribution in [0.1, 0.15) is 13.8 Å². The molecule has 9 aromatic rings. The summed E-state index contributed by atoms with van der Waals surface area (Å²) in [5.74, 6) is 0. The number of aromatic nitrogens is 4. The van der Waals surface area contributed by atoms with Crippen LogP contribution < -0.4 is 0 Å². The lowest BCUT2D eigenvalue weighted by Gasteiger charge is -2.10. The van der Waals surface area contributed by atoms with Crippen LogP contribution in [-0.4, -0.2) is 19.1 Å². The van der Waals surface area contributed by atoms with Crippen LogP contribution in [0, 0.1) is 0 Å². The van der Waals surface area contributed by atoms with E-state index in [1.54, 1.807) is 0 Å². The fourth-order valence-corrected chi connectivity index (χ4v) is 6.59. The van der Waals surface area contributed by atoms with Crippen LogP contribution in [0.15, 0.2) is 158 Å². The highest BCUT2D eigenvalue weighted by molar-refractivity contribution is 6.10. The molecular weight excluding hydrogens is 560 g/mol. The minimum atomic E-state index is 0.851. The molecule has 0 aliphatic carbocycles. The number of hydrogen-bond donors (Lipinski definition) is 0. The van der Waals surface area contributed by atoms with Gasteiger partial charge >= 0.3 is 0 Å². The van der Waals surface area contributed by atoms with Crippen molar-refractivity contribution in [2.24, 2.45) is 0 Å². The monoisotopic (exact) mass is 592 g/mol. The van der Waals surface area contributed by atoms with E-state index in [1.807, 2.05) is 26.2 Å². The van der Waals surface area contributed by atoms with Gasteiger partial charge in [0.15, 0.2) is 0 Å². The van der Waals surface area contributed by atoms with Crippen molar-refractivity contribution in [2.45, 2.75) is 13.8 Å². The standard InChI is InChI=1S/C40H26N4.C2H6/c1-5-13-37-31(9-1)32-10-2-6-14-38(32)43(37)29-21-17-27(18-22-29)35-25-42-36(26-41-35)28-19-23-30(24-20-28)44-39-15-7-3-11-33(39)34-12-4-8-16-40(34)44;1-2/h1-26H;1-2H3. The lowest BCUT2D eigenvalue weighted by atomic mass is 10.1. The number of fused-ring (bicyclic) bond motifs is 6. The average molecular weight is 593 g/mol. The quantitative estimate of drug-likeness (QED) is 0.204. The first-order valence-electron chi connectivity index (χ1n) is 15.8. The molecule has 0 atom stereocenters. The van der Waals surface area contributed by atoms with Crippen molar-refractivity contribution >= 4 is 43.6 Å². The Hall–Kier alpha value is -6.00. The van der Waals surface area contributed by atoms with E-state index in [4.69, 9.17) is 9.97 Å². The van der Waals surface area contributed by atoms with Gasteiger partial charge in [0, 0.05) is 44.0 Å². The van der Waals surface area contributed by atoms with Crippen molar-refractivity contribution in [1.29, 1.82) is 0 Å². The number of benzene rings is 6. The van der Waals surface area contributed by atoms with Gasteiger partial charge in [-0.3, -0.25) is 9.97 Å². The van der Waals surface area contributed by atoms with Crippen molar-refractivity contribution in [1.82, 2.24) is 19.1 Å². The highest BCUT2D eigenvalue weighted by atomic mass is 15.0. The molecular formula is C42H32N4. The highest BCUT2D eigenvalue weighted by Crippen LogP contribution is 2.34. The Bertz CT molecular complexity index is 2180. The largest absolute Gasteiger partial charge is 0.309 e. The first kappa shape index (κ1) is 27.5. The van der Waals surface area contributed by atoms with Crippen LogP contribution >= 0.6 is 0 Å². The van der Waals surface area contributed by atoms with Crippen LogP contribution in [0.5, 0.6) is 0 Å². The summed E-state index contributed by atoms with van der Waals surface area (Å²) in [7, 11) is 0. The zero-order valence-corrected chi connectivity index (χ0v) is 25.8. The van der Waals surface area contributed by atoms with E-state index in [2.05, 4.69) is 155 Å². The Morgan fingerprint density at radius 2 is 0.630 bits per heavy atom. The summed E-state index contributed by atoms with van der Waals surface area (Å²) in [5, 5.41) is 5.04. The summed E-state index contributed by atoms with van der Waals surface area (Å²) < 4.78 is 4.65. The lowest BCUT2D eigenvalue weighted by Crippen LogP contribution is -1.95. The van der Waals surface area contributed by atoms with Gasteiger partial charge in [0.1, 0.15) is 0 Å². The topological polar surface area (TPSA) is 35.6 Å². The molecule has 6 aromatic carbocycles. The molecule has 0 aliphatic heterocycles. The summed E-state index contributed by atoms with van der Waals surface area (Å²) in [6, 6.07) is 51.5. The number of rotatable bonds is 4. The van der Waals surface area contributed by atoms with E-state index in [1.165, 1.54) is 43.6 Å². The van der Waals surface area contributed by atoms with E-state index < -0.39 is 0 Å². The predicted molar refractivity (Wildman–Crippen MR) is 193 cm³/mol. The SMILES string of the molecule is CC.c1ccc2c(c1)c1ccccc1n2-c1ccc(-c2cnc(-c3ccc(-n4c5ccccc5c5ccccc54)cc3)cn2)cc1. The molecule has 3 aromatic heterocycles. The van der Waals surface area contributed by atoms with Crippen LogP contribution in [0.3, 0.4) is 0 Å². The van der Waals surface area contributed by atoms with Crippen LogP contribution in [0.4, 0.5) is 0 Å². The van der Waals surface area contributed by atoms with Crippen molar-refractivity contribution in [2.75, 3.05) is 0 Å². The summed E-state index contributed by atoms with van der Waals surface area (Å²) >= 11 is 0. The fraction of sp³-hybridized carbons (Fsp3) is 0.0476. The van der Waals surface area contributed by atoms with Gasteiger partial charge < -0.3 is 9.13 Å². The third kappa shape index (κ3) is 4.46. The molecule has 4 heteroatoms. The average Bonchev–Trinajstić information content (AvgIpc) is 3.66. The molecule has 0 unspecified atom stereocenters. The molecule has 0 N–H and O–H groups in total. The van der Waals surface area contributed by atoms with E-state index in [0.717, 1.165) is 33.9 Å². The van der Waals surface area contributed by atoms with Gasteiger partial charge in [-0.1, -0.05) is 111 Å². The zero-order chi connectivity index (χ0) is 31.0. The molecule has 0 aliphatic rings. The second-order valence-corrected chi connectivity index (χ2v) is 11.1. The minimum absolute atomic E-state index is 0.851. The molecule has 0 amide bonds. The van der Waals surface area contributed by atoms with E-state index in [-0.39, 0.29) is 0 Å². The van der Waals surface area contributed by atoms with Crippen molar-refractivity contribution in [3.8, 4) is 33.9 Å². The Morgan fingerprint density at radius 3 is 0.913 bits per heavy atom. The molecule has 0 radical (unpaired) electrons. The van der Waals surface area contributed by atoms with Crippen LogP contribution in [0.25, 0.3) is 77.5 Å². The molecule has 3 heterocycles. The molecule has 46 heavy (non-hydrogen) atoms. The van der Waals surface area contributed by atoms with Gasteiger partial charge in [0.05, 0.1) is 45.8 Å². The smallest absolute Gasteiger partial charge is 0.0885 e. The van der Waals surface area contributed by atoms with Gasteiger partial charge in [0.2, 0.25) is 0 Å². The maximum atomic E-state index is 4.80. The Morgan fingerprint density at radius 1 is 0.348 bits per heavy atom. The van der Waals surface area contributed by atoms with Gasteiger partial charge in [-0.25, -0.2) is 0 Å². The number of para-hydroxylation sites is 4. The minimum Gasteiger partial charge on any atom is -0.309 e. The molecule has 9 rings (SSSR count). The van der Waals surface area contributed by atoms with Gasteiger partial charge in [-0.05, 0) is 48.5 Å². The summed E-state index contributed by atoms with van der Waals surface area (Å²) in [5.41, 5.74) is 10.8.